The first kappa shape index (κ1) is 15.5. The summed E-state index contributed by atoms with van der Waals surface area (Å²) in [6, 6.07) is 0.226. The van der Waals surface area contributed by atoms with Crippen molar-refractivity contribution in [2.24, 2.45) is 11.8 Å². The number of nitro groups is 1. The van der Waals surface area contributed by atoms with Crippen molar-refractivity contribution < 1.29 is 4.92 Å². The van der Waals surface area contributed by atoms with E-state index in [4.69, 9.17) is 0 Å². The van der Waals surface area contributed by atoms with E-state index in [2.05, 4.69) is 34.4 Å². The number of nitrogens with zero attached hydrogens (tertiary/aromatic N) is 3. The molecule has 1 heterocycles. The molecule has 3 atom stereocenters. The summed E-state index contributed by atoms with van der Waals surface area (Å²) in [4.78, 5) is 19.0. The third-order valence-electron chi connectivity index (χ3n) is 4.10. The highest BCUT2D eigenvalue weighted by Crippen LogP contribution is 2.34. The molecule has 7 nitrogen and oxygen atoms in total. The Hall–Kier alpha value is -1.92. The van der Waals surface area contributed by atoms with Crippen LogP contribution in [0.25, 0.3) is 0 Å². The molecular formula is C14H23N5O2. The number of nitrogens with one attached hydrogen (secondary N) is 2. The molecule has 1 saturated carbocycles. The average molecular weight is 293 g/mol. The molecule has 1 aliphatic carbocycles. The second-order valence-corrected chi connectivity index (χ2v) is 5.85. The van der Waals surface area contributed by atoms with Gasteiger partial charge in [-0.15, -0.1) is 0 Å². The first-order valence-corrected chi connectivity index (χ1v) is 7.52. The topological polar surface area (TPSA) is 93.0 Å². The first-order valence-electron chi connectivity index (χ1n) is 7.52. The lowest BCUT2D eigenvalue weighted by atomic mass is 9.80. The molecule has 0 bridgehead atoms. The average Bonchev–Trinajstić information content (AvgIpc) is 2.42. The summed E-state index contributed by atoms with van der Waals surface area (Å²) in [5.74, 6) is 1.79. The van der Waals surface area contributed by atoms with Gasteiger partial charge in [0.15, 0.2) is 0 Å². The highest BCUT2D eigenvalue weighted by Gasteiger charge is 2.29. The van der Waals surface area contributed by atoms with Gasteiger partial charge in [0.25, 0.3) is 0 Å². The van der Waals surface area contributed by atoms with Crippen LogP contribution in [0, 0.1) is 22.0 Å². The highest BCUT2D eigenvalue weighted by molar-refractivity contribution is 5.69. The molecule has 1 aromatic rings. The van der Waals surface area contributed by atoms with Gasteiger partial charge in [0.1, 0.15) is 6.33 Å². The molecule has 116 valence electrons. The van der Waals surface area contributed by atoms with Crippen molar-refractivity contribution in [3.63, 3.8) is 0 Å². The van der Waals surface area contributed by atoms with E-state index in [9.17, 15) is 10.1 Å². The van der Waals surface area contributed by atoms with Gasteiger partial charge in [0.05, 0.1) is 4.92 Å². The Morgan fingerprint density at radius 2 is 2.05 bits per heavy atom. The third kappa shape index (κ3) is 3.59. The van der Waals surface area contributed by atoms with Gasteiger partial charge in [0, 0.05) is 12.6 Å². The molecule has 0 spiro atoms. The molecule has 0 saturated heterocycles. The Morgan fingerprint density at radius 3 is 2.67 bits per heavy atom. The number of hydrogen-bond donors (Lipinski definition) is 2. The summed E-state index contributed by atoms with van der Waals surface area (Å²) in [6.45, 7) is 6.90. The van der Waals surface area contributed by atoms with E-state index < -0.39 is 4.92 Å². The Balaban J connectivity index is 2.23. The maximum absolute atomic E-state index is 11.3. The quantitative estimate of drug-likeness (QED) is 0.640. The second-order valence-electron chi connectivity index (χ2n) is 5.85. The molecule has 2 N–H and O–H groups in total. The lowest BCUT2D eigenvalue weighted by Gasteiger charge is -2.33. The van der Waals surface area contributed by atoms with E-state index in [1.54, 1.807) is 0 Å². The molecule has 1 aromatic heterocycles. The first-order chi connectivity index (χ1) is 10.0. The molecule has 0 aliphatic heterocycles. The van der Waals surface area contributed by atoms with Crippen LogP contribution in [0.5, 0.6) is 0 Å². The highest BCUT2D eigenvalue weighted by atomic mass is 16.6. The fraction of sp³-hybridized carbons (Fsp3) is 0.714. The molecule has 0 amide bonds. The summed E-state index contributed by atoms with van der Waals surface area (Å²) in [7, 11) is 0. The van der Waals surface area contributed by atoms with Gasteiger partial charge in [0.2, 0.25) is 11.6 Å². The predicted molar refractivity (Wildman–Crippen MR) is 82.4 cm³/mol. The number of rotatable bonds is 5. The molecule has 0 radical (unpaired) electrons. The molecule has 21 heavy (non-hydrogen) atoms. The fourth-order valence-corrected chi connectivity index (χ4v) is 3.01. The summed E-state index contributed by atoms with van der Waals surface area (Å²) >= 11 is 0. The van der Waals surface area contributed by atoms with Crippen molar-refractivity contribution in [2.45, 2.75) is 46.1 Å². The van der Waals surface area contributed by atoms with E-state index in [-0.39, 0.29) is 17.5 Å². The minimum Gasteiger partial charge on any atom is -0.364 e. The van der Waals surface area contributed by atoms with E-state index in [1.807, 2.05) is 6.92 Å². The molecular weight excluding hydrogens is 270 g/mol. The Labute approximate surface area is 124 Å². The van der Waals surface area contributed by atoms with Crippen molar-refractivity contribution in [1.82, 2.24) is 9.97 Å². The fourth-order valence-electron chi connectivity index (χ4n) is 3.01. The van der Waals surface area contributed by atoms with Crippen LogP contribution in [0.1, 0.15) is 40.0 Å². The predicted octanol–water partition coefficient (Wildman–Crippen LogP) is 3.05. The van der Waals surface area contributed by atoms with Gasteiger partial charge < -0.3 is 10.6 Å². The minimum absolute atomic E-state index is 0.0647. The molecule has 1 fully saturated rings. The summed E-state index contributed by atoms with van der Waals surface area (Å²) in [5, 5.41) is 17.5. The zero-order chi connectivity index (χ0) is 15.4. The van der Waals surface area contributed by atoms with E-state index in [0.29, 0.717) is 18.3 Å². The van der Waals surface area contributed by atoms with Crippen molar-refractivity contribution in [3.8, 4) is 0 Å². The third-order valence-corrected chi connectivity index (χ3v) is 4.10. The van der Waals surface area contributed by atoms with Gasteiger partial charge in [-0.2, -0.15) is 0 Å². The van der Waals surface area contributed by atoms with E-state index >= 15 is 0 Å². The maximum Gasteiger partial charge on any atom is 0.353 e. The molecule has 1 aliphatic rings. The van der Waals surface area contributed by atoms with Crippen molar-refractivity contribution in [3.05, 3.63) is 16.4 Å². The minimum atomic E-state index is -0.420. The van der Waals surface area contributed by atoms with Gasteiger partial charge in [-0.1, -0.05) is 13.8 Å². The largest absolute Gasteiger partial charge is 0.364 e. The molecule has 7 heteroatoms. The zero-order valence-corrected chi connectivity index (χ0v) is 12.8. The summed E-state index contributed by atoms with van der Waals surface area (Å²) < 4.78 is 0. The van der Waals surface area contributed by atoms with Crippen LogP contribution >= 0.6 is 0 Å². The Morgan fingerprint density at radius 1 is 1.33 bits per heavy atom. The number of aromatic nitrogens is 2. The van der Waals surface area contributed by atoms with Crippen LogP contribution in [0.2, 0.25) is 0 Å². The lowest BCUT2D eigenvalue weighted by Crippen LogP contribution is -2.33. The Bertz CT molecular complexity index is 508. The van der Waals surface area contributed by atoms with Crippen LogP contribution in [-0.4, -0.2) is 27.5 Å². The standard InChI is InChI=1S/C14H23N5O2/c1-4-15-13-12(19(20)21)14(17-8-16-13)18-11-6-5-9(2)7-10(11)3/h8-11H,4-7H2,1-3H3,(H2,15,16,17,18). The number of anilines is 2. The van der Waals surface area contributed by atoms with E-state index in [0.717, 1.165) is 25.2 Å². The smallest absolute Gasteiger partial charge is 0.353 e. The summed E-state index contributed by atoms with van der Waals surface area (Å²) in [5.41, 5.74) is -0.0647. The van der Waals surface area contributed by atoms with Gasteiger partial charge in [-0.3, -0.25) is 10.1 Å². The van der Waals surface area contributed by atoms with Gasteiger partial charge in [-0.05, 0) is 38.0 Å². The second kappa shape index (κ2) is 6.69. The molecule has 3 unspecified atom stereocenters. The molecule has 2 rings (SSSR count). The van der Waals surface area contributed by atoms with Crippen molar-refractivity contribution in [1.29, 1.82) is 0 Å². The SMILES string of the molecule is CCNc1ncnc(NC2CCC(C)CC2C)c1[N+](=O)[O-]. The van der Waals surface area contributed by atoms with Crippen LogP contribution in [-0.2, 0) is 0 Å². The molecule has 0 aromatic carbocycles. The summed E-state index contributed by atoms with van der Waals surface area (Å²) in [6.07, 6.45) is 4.65. The van der Waals surface area contributed by atoms with Crippen molar-refractivity contribution in [2.75, 3.05) is 17.2 Å². The maximum atomic E-state index is 11.3. The Kier molecular flexibility index (Phi) is 4.93. The normalized spacial score (nSPS) is 25.4. The van der Waals surface area contributed by atoms with Crippen molar-refractivity contribution >= 4 is 17.3 Å². The van der Waals surface area contributed by atoms with Gasteiger partial charge >= 0.3 is 5.69 Å². The van der Waals surface area contributed by atoms with Gasteiger partial charge in [-0.25, -0.2) is 9.97 Å². The van der Waals surface area contributed by atoms with E-state index in [1.165, 1.54) is 6.33 Å². The van der Waals surface area contributed by atoms with Crippen LogP contribution in [0.4, 0.5) is 17.3 Å². The monoisotopic (exact) mass is 293 g/mol. The van der Waals surface area contributed by atoms with Crippen LogP contribution in [0.3, 0.4) is 0 Å². The van der Waals surface area contributed by atoms with Crippen LogP contribution in [0.15, 0.2) is 6.33 Å². The number of hydrogen-bond acceptors (Lipinski definition) is 6. The lowest BCUT2D eigenvalue weighted by molar-refractivity contribution is -0.383. The van der Waals surface area contributed by atoms with Crippen LogP contribution < -0.4 is 10.6 Å². The zero-order valence-electron chi connectivity index (χ0n) is 12.8.